The van der Waals surface area contributed by atoms with Gasteiger partial charge in [-0.05, 0) is 80.3 Å². The van der Waals surface area contributed by atoms with Gasteiger partial charge in [0.05, 0.1) is 34.7 Å². The van der Waals surface area contributed by atoms with Gasteiger partial charge in [0, 0.05) is 36.7 Å². The molecule has 0 radical (unpaired) electrons. The van der Waals surface area contributed by atoms with Crippen molar-refractivity contribution in [2.75, 3.05) is 13.6 Å². The molecule has 7 rings (SSSR count). The number of alkyl halides is 3. The molecule has 218 valence electrons. The number of carbonyl (C=O) groups excluding carboxylic acids is 1. The zero-order chi connectivity index (χ0) is 29.6. The minimum atomic E-state index is -4.46. The van der Waals surface area contributed by atoms with Crippen molar-refractivity contribution >= 4 is 5.91 Å². The van der Waals surface area contributed by atoms with Gasteiger partial charge in [-0.25, -0.2) is 0 Å². The van der Waals surface area contributed by atoms with Gasteiger partial charge in [0.25, 0.3) is 5.91 Å². The Bertz CT molecular complexity index is 1570. The van der Waals surface area contributed by atoms with Gasteiger partial charge >= 0.3 is 6.18 Å². The first-order chi connectivity index (χ1) is 20.0. The summed E-state index contributed by atoms with van der Waals surface area (Å²) in [5.74, 6) is 5.47. The van der Waals surface area contributed by atoms with Crippen molar-refractivity contribution < 1.29 is 32.9 Å². The number of aromatic hydroxyl groups is 1. The van der Waals surface area contributed by atoms with Gasteiger partial charge in [0.1, 0.15) is 6.10 Å². The van der Waals surface area contributed by atoms with E-state index in [1.54, 1.807) is 13.1 Å². The highest BCUT2D eigenvalue weighted by atomic mass is 19.4. The Labute approximate surface area is 241 Å². The Balaban J connectivity index is 1.24. The number of halogens is 3. The van der Waals surface area contributed by atoms with E-state index in [-0.39, 0.29) is 17.4 Å². The van der Waals surface area contributed by atoms with Crippen LogP contribution in [-0.2, 0) is 22.8 Å². The Morgan fingerprint density at radius 2 is 1.93 bits per heavy atom. The van der Waals surface area contributed by atoms with E-state index in [0.717, 1.165) is 42.6 Å². The molecule has 6 atom stereocenters. The molecule has 2 aliphatic heterocycles. The number of likely N-dealkylation sites (tertiary alicyclic amines) is 1. The largest absolute Gasteiger partial charge is 0.504 e. The number of phenols is 1. The second-order valence-electron chi connectivity index (χ2n) is 12.4. The number of aliphatic hydroxyl groups is 1. The molecule has 2 bridgehead atoms. The molecule has 1 unspecified atom stereocenters. The highest BCUT2D eigenvalue weighted by Gasteiger charge is 2.75. The number of benzene rings is 2. The standard InChI is InChI=1S/C32H30F3N3O4/c1-37(26(40)11-6-18-4-8-21(9-5-18)32(33,34)35)23-12-13-31(41)25-14-20-7-10-24(39)28-27(20)30(31,29(23)42-28)15-22(16-36)38(25)17-19-2-3-19/h4-5,7-10,19,22-23,25,29,39,41H,2-3,12-15,17H2,1H3/t22?,23-,25+,29-,30-,31+/m0/s1. The fourth-order valence-corrected chi connectivity index (χ4v) is 8.12. The molecule has 2 saturated carbocycles. The maximum atomic E-state index is 13.3. The number of phenolic OH excluding ortho intramolecular Hbond substituents is 1. The van der Waals surface area contributed by atoms with Crippen LogP contribution in [0.3, 0.4) is 0 Å². The summed E-state index contributed by atoms with van der Waals surface area (Å²) >= 11 is 0. The molecule has 0 aromatic heterocycles. The van der Waals surface area contributed by atoms with Crippen LogP contribution >= 0.6 is 0 Å². The third kappa shape index (κ3) is 3.78. The highest BCUT2D eigenvalue weighted by Crippen LogP contribution is 2.66. The number of nitriles is 1. The summed E-state index contributed by atoms with van der Waals surface area (Å²) in [6.45, 7) is 0.758. The number of hydrogen-bond donors (Lipinski definition) is 2. The summed E-state index contributed by atoms with van der Waals surface area (Å²) in [6.07, 6.45) is -1.30. The number of amides is 1. The molecule has 2 heterocycles. The number of rotatable bonds is 3. The van der Waals surface area contributed by atoms with Crippen molar-refractivity contribution in [3.63, 3.8) is 0 Å². The minimum absolute atomic E-state index is 0.0398. The third-order valence-corrected chi connectivity index (χ3v) is 10.3. The predicted octanol–water partition coefficient (Wildman–Crippen LogP) is 3.75. The topological polar surface area (TPSA) is 97.0 Å². The van der Waals surface area contributed by atoms with Crippen molar-refractivity contribution in [3.05, 3.63) is 58.7 Å². The monoisotopic (exact) mass is 577 g/mol. The summed E-state index contributed by atoms with van der Waals surface area (Å²) in [4.78, 5) is 17.0. The van der Waals surface area contributed by atoms with Crippen LogP contribution in [0.2, 0.25) is 0 Å². The lowest BCUT2D eigenvalue weighted by atomic mass is 9.47. The van der Waals surface area contributed by atoms with E-state index in [2.05, 4.69) is 22.8 Å². The minimum Gasteiger partial charge on any atom is -0.504 e. The molecular formula is C32H30F3N3O4. The third-order valence-electron chi connectivity index (χ3n) is 10.3. The average molecular weight is 578 g/mol. The average Bonchev–Trinajstić information content (AvgIpc) is 3.71. The van der Waals surface area contributed by atoms with Crippen molar-refractivity contribution in [2.45, 2.75) is 79.9 Å². The molecule has 1 spiro atoms. The van der Waals surface area contributed by atoms with Gasteiger partial charge < -0.3 is 19.8 Å². The van der Waals surface area contributed by atoms with Crippen LogP contribution in [-0.4, -0.2) is 69.3 Å². The quantitative estimate of drug-likeness (QED) is 0.540. The number of ether oxygens (including phenoxy) is 1. The molecule has 2 N–H and O–H groups in total. The SMILES string of the molecule is CN(C(=O)C#Cc1ccc(C(F)(F)F)cc1)[C@H]1CC[C@@]2(O)[C@H]3Cc4ccc(O)c5c4[C@@]2(CC(C#N)N3CC2CC2)[C@H]1O5. The van der Waals surface area contributed by atoms with Gasteiger partial charge in [-0.3, -0.25) is 9.69 Å². The number of hydrogen-bond acceptors (Lipinski definition) is 6. The van der Waals surface area contributed by atoms with Crippen LogP contribution < -0.4 is 4.74 Å². The molecule has 1 saturated heterocycles. The van der Waals surface area contributed by atoms with Crippen LogP contribution in [0.15, 0.2) is 36.4 Å². The molecule has 7 nitrogen and oxygen atoms in total. The maximum Gasteiger partial charge on any atom is 0.416 e. The lowest BCUT2D eigenvalue weighted by Gasteiger charge is -2.65. The maximum absolute atomic E-state index is 13.3. The number of nitrogens with zero attached hydrogens (tertiary/aromatic N) is 3. The molecule has 10 heteroatoms. The number of piperidine rings is 1. The first kappa shape index (κ1) is 27.1. The Morgan fingerprint density at radius 1 is 1.19 bits per heavy atom. The first-order valence-electron chi connectivity index (χ1n) is 14.3. The second kappa shape index (κ2) is 9.13. The molecule has 42 heavy (non-hydrogen) atoms. The summed E-state index contributed by atoms with van der Waals surface area (Å²) in [7, 11) is 1.60. The Morgan fingerprint density at radius 3 is 2.60 bits per heavy atom. The molecule has 3 aliphatic carbocycles. The smallest absolute Gasteiger partial charge is 0.416 e. The fourth-order valence-electron chi connectivity index (χ4n) is 8.12. The zero-order valence-electron chi connectivity index (χ0n) is 23.0. The second-order valence-corrected chi connectivity index (χ2v) is 12.4. The molecule has 2 aromatic carbocycles. The molecule has 5 aliphatic rings. The summed E-state index contributed by atoms with van der Waals surface area (Å²) in [5, 5.41) is 33.8. The van der Waals surface area contributed by atoms with E-state index in [9.17, 15) is 33.4 Å². The van der Waals surface area contributed by atoms with E-state index < -0.39 is 46.9 Å². The number of likely N-dealkylation sites (N-methyl/N-ethyl adjacent to an activating group) is 1. The van der Waals surface area contributed by atoms with Gasteiger partial charge in [-0.1, -0.05) is 12.0 Å². The lowest BCUT2D eigenvalue weighted by Crippen LogP contribution is -2.79. The van der Waals surface area contributed by atoms with Gasteiger partial charge in [0.2, 0.25) is 0 Å². The normalized spacial score (nSPS) is 32.6. The van der Waals surface area contributed by atoms with Crippen molar-refractivity contribution in [2.24, 2.45) is 5.92 Å². The van der Waals surface area contributed by atoms with Crippen LogP contribution in [0.1, 0.15) is 54.4 Å². The van der Waals surface area contributed by atoms with Crippen LogP contribution in [0, 0.1) is 29.1 Å². The highest BCUT2D eigenvalue weighted by molar-refractivity contribution is 5.94. The molecule has 2 aromatic rings. The summed E-state index contributed by atoms with van der Waals surface area (Å²) < 4.78 is 45.2. The van der Waals surface area contributed by atoms with E-state index in [0.29, 0.717) is 37.4 Å². The van der Waals surface area contributed by atoms with Crippen molar-refractivity contribution in [1.82, 2.24) is 9.80 Å². The number of carbonyl (C=O) groups is 1. The van der Waals surface area contributed by atoms with E-state index in [4.69, 9.17) is 4.74 Å². The first-order valence-corrected chi connectivity index (χ1v) is 14.3. The van der Waals surface area contributed by atoms with E-state index in [1.165, 1.54) is 17.0 Å². The summed E-state index contributed by atoms with van der Waals surface area (Å²) in [5.41, 5.74) is -1.02. The van der Waals surface area contributed by atoms with Crippen LogP contribution in [0.4, 0.5) is 13.2 Å². The van der Waals surface area contributed by atoms with Crippen molar-refractivity contribution in [1.29, 1.82) is 5.26 Å². The molecule has 3 fully saturated rings. The van der Waals surface area contributed by atoms with Gasteiger partial charge in [-0.15, -0.1) is 0 Å². The predicted molar refractivity (Wildman–Crippen MR) is 144 cm³/mol. The lowest BCUT2D eigenvalue weighted by molar-refractivity contribution is -0.207. The van der Waals surface area contributed by atoms with Crippen molar-refractivity contribution in [3.8, 4) is 29.4 Å². The van der Waals surface area contributed by atoms with Gasteiger partial charge in [-0.2, -0.15) is 18.4 Å². The van der Waals surface area contributed by atoms with E-state index in [1.807, 2.05) is 6.07 Å². The van der Waals surface area contributed by atoms with Crippen LogP contribution in [0.5, 0.6) is 11.5 Å². The summed E-state index contributed by atoms with van der Waals surface area (Å²) in [6, 6.07) is 9.00. The van der Waals surface area contributed by atoms with Crippen LogP contribution in [0.25, 0.3) is 0 Å². The fraction of sp³-hybridized carbons (Fsp3) is 0.500. The Hall–Kier alpha value is -3.73. The molecule has 1 amide bonds. The zero-order valence-corrected chi connectivity index (χ0v) is 23.0. The van der Waals surface area contributed by atoms with E-state index >= 15 is 0 Å². The Kier molecular flexibility index (Phi) is 5.90. The van der Waals surface area contributed by atoms with Gasteiger partial charge in [0.15, 0.2) is 11.5 Å². The molecular weight excluding hydrogens is 547 g/mol.